The molecule has 0 atom stereocenters. The average Bonchev–Trinajstić information content (AvgIpc) is 3.37. The van der Waals surface area contributed by atoms with Crippen LogP contribution in [0.15, 0.2) is 33.7 Å². The van der Waals surface area contributed by atoms with E-state index in [2.05, 4.69) is 39.7 Å². The third-order valence-corrected chi connectivity index (χ3v) is 4.92. The number of rotatable bonds is 7. The second kappa shape index (κ2) is 9.43. The molecule has 0 amide bonds. The van der Waals surface area contributed by atoms with Gasteiger partial charge < -0.3 is 19.8 Å². The molecule has 2 N–H and O–H groups in total. The summed E-state index contributed by atoms with van der Waals surface area (Å²) in [4.78, 5) is 9.00. The van der Waals surface area contributed by atoms with Crippen molar-refractivity contribution >= 4 is 29.9 Å². The summed E-state index contributed by atoms with van der Waals surface area (Å²) < 4.78 is 11.2. The van der Waals surface area contributed by atoms with E-state index < -0.39 is 0 Å². The first kappa shape index (κ1) is 21.5. The molecule has 1 aromatic heterocycles. The van der Waals surface area contributed by atoms with Gasteiger partial charge in [0.05, 0.1) is 12.8 Å². The highest BCUT2D eigenvalue weighted by molar-refractivity contribution is 14.0. The number of para-hydroxylation sites is 1. The molecule has 1 saturated carbocycles. The Bertz CT molecular complexity index is 765. The number of halogens is 1. The lowest BCUT2D eigenvalue weighted by Crippen LogP contribution is -2.41. The van der Waals surface area contributed by atoms with Crippen LogP contribution in [0.25, 0.3) is 0 Å². The molecule has 2 aromatic rings. The number of guanidine groups is 1. The lowest BCUT2D eigenvalue weighted by atomic mass is 9.95. The summed E-state index contributed by atoms with van der Waals surface area (Å²) in [5.41, 5.74) is 2.31. The van der Waals surface area contributed by atoms with Crippen molar-refractivity contribution in [2.24, 2.45) is 4.99 Å². The SMILES string of the molecule is CCNC(=NCc1nc(C)c(C)o1)NCC1(c2ccccc2OC)CC1.I. The fraction of sp³-hybridized carbons (Fsp3) is 0.500. The van der Waals surface area contributed by atoms with E-state index in [0.29, 0.717) is 12.4 Å². The van der Waals surface area contributed by atoms with Crippen molar-refractivity contribution in [1.82, 2.24) is 15.6 Å². The Morgan fingerprint density at radius 2 is 2.00 bits per heavy atom. The second-order valence-corrected chi connectivity index (χ2v) is 6.78. The van der Waals surface area contributed by atoms with E-state index in [4.69, 9.17) is 9.15 Å². The summed E-state index contributed by atoms with van der Waals surface area (Å²) in [5.74, 6) is 3.23. The molecule has 1 aliphatic carbocycles. The molecule has 0 spiro atoms. The van der Waals surface area contributed by atoms with Gasteiger partial charge in [0, 0.05) is 24.1 Å². The van der Waals surface area contributed by atoms with E-state index in [-0.39, 0.29) is 29.4 Å². The number of nitrogens with zero attached hydrogens (tertiary/aromatic N) is 2. The number of benzene rings is 1. The summed E-state index contributed by atoms with van der Waals surface area (Å²) in [6.07, 6.45) is 2.30. The molecule has 1 aliphatic rings. The van der Waals surface area contributed by atoms with Gasteiger partial charge in [0.25, 0.3) is 0 Å². The molecule has 148 valence electrons. The summed E-state index contributed by atoms with van der Waals surface area (Å²) >= 11 is 0. The number of ether oxygens (including phenoxy) is 1. The first-order chi connectivity index (χ1) is 12.6. The Morgan fingerprint density at radius 1 is 1.26 bits per heavy atom. The number of nitrogens with one attached hydrogen (secondary N) is 2. The van der Waals surface area contributed by atoms with Crippen LogP contribution in [0.5, 0.6) is 5.75 Å². The van der Waals surface area contributed by atoms with Gasteiger partial charge in [-0.2, -0.15) is 0 Å². The van der Waals surface area contributed by atoms with Crippen molar-refractivity contribution in [3.05, 3.63) is 47.2 Å². The predicted octanol–water partition coefficient (Wildman–Crippen LogP) is 3.70. The standard InChI is InChI=1S/C20H28N4O2.HI/c1-5-21-19(22-12-18-24-14(2)15(3)26-18)23-13-20(10-11-20)16-8-6-7-9-17(16)25-4;/h6-9H,5,10-13H2,1-4H3,(H2,21,22,23);1H. The number of aliphatic imine (C=N–C) groups is 1. The fourth-order valence-corrected chi connectivity index (χ4v) is 3.12. The number of oxazole rings is 1. The third-order valence-electron chi connectivity index (χ3n) is 4.92. The van der Waals surface area contributed by atoms with Crippen molar-refractivity contribution in [2.45, 2.75) is 45.6 Å². The maximum absolute atomic E-state index is 5.61. The Hall–Kier alpha value is -1.77. The number of hydrogen-bond acceptors (Lipinski definition) is 4. The van der Waals surface area contributed by atoms with Gasteiger partial charge in [-0.05, 0) is 39.7 Å². The maximum Gasteiger partial charge on any atom is 0.216 e. The number of hydrogen-bond donors (Lipinski definition) is 2. The van der Waals surface area contributed by atoms with Crippen molar-refractivity contribution in [2.75, 3.05) is 20.2 Å². The highest BCUT2D eigenvalue weighted by atomic mass is 127. The molecular formula is C20H29IN4O2. The van der Waals surface area contributed by atoms with Gasteiger partial charge in [0.1, 0.15) is 18.1 Å². The van der Waals surface area contributed by atoms with Crippen LogP contribution in [0, 0.1) is 13.8 Å². The smallest absolute Gasteiger partial charge is 0.216 e. The number of methoxy groups -OCH3 is 1. The lowest BCUT2D eigenvalue weighted by molar-refractivity contribution is 0.403. The van der Waals surface area contributed by atoms with Crippen molar-refractivity contribution in [3.8, 4) is 5.75 Å². The molecule has 0 bridgehead atoms. The zero-order chi connectivity index (χ0) is 18.6. The lowest BCUT2D eigenvalue weighted by Gasteiger charge is -2.21. The van der Waals surface area contributed by atoms with E-state index >= 15 is 0 Å². The van der Waals surface area contributed by atoms with Crippen LogP contribution in [0.1, 0.15) is 42.7 Å². The van der Waals surface area contributed by atoms with Gasteiger partial charge in [-0.25, -0.2) is 9.98 Å². The van der Waals surface area contributed by atoms with E-state index in [1.807, 2.05) is 26.0 Å². The minimum Gasteiger partial charge on any atom is -0.496 e. The third kappa shape index (κ3) is 5.15. The Morgan fingerprint density at radius 3 is 2.59 bits per heavy atom. The highest BCUT2D eigenvalue weighted by Crippen LogP contribution is 2.50. The van der Waals surface area contributed by atoms with E-state index in [9.17, 15) is 0 Å². The molecule has 1 fully saturated rings. The summed E-state index contributed by atoms with van der Waals surface area (Å²) in [6.45, 7) is 7.97. The molecule has 0 unspecified atom stereocenters. The molecule has 3 rings (SSSR count). The van der Waals surface area contributed by atoms with Gasteiger partial charge in [-0.1, -0.05) is 18.2 Å². The quantitative estimate of drug-likeness (QED) is 0.356. The minimum atomic E-state index is 0. The van der Waals surface area contributed by atoms with E-state index in [0.717, 1.165) is 49.1 Å². The topological polar surface area (TPSA) is 71.7 Å². The molecule has 1 aromatic carbocycles. The van der Waals surface area contributed by atoms with Crippen LogP contribution >= 0.6 is 24.0 Å². The van der Waals surface area contributed by atoms with Crippen LogP contribution in [-0.2, 0) is 12.0 Å². The largest absolute Gasteiger partial charge is 0.496 e. The molecule has 0 aliphatic heterocycles. The fourth-order valence-electron chi connectivity index (χ4n) is 3.12. The number of aromatic nitrogens is 1. The minimum absolute atomic E-state index is 0. The highest BCUT2D eigenvalue weighted by Gasteiger charge is 2.46. The van der Waals surface area contributed by atoms with Crippen LogP contribution in [-0.4, -0.2) is 31.1 Å². The Kier molecular flexibility index (Phi) is 7.52. The van der Waals surface area contributed by atoms with Crippen LogP contribution in [0.2, 0.25) is 0 Å². The van der Waals surface area contributed by atoms with E-state index in [1.165, 1.54) is 5.56 Å². The van der Waals surface area contributed by atoms with Crippen LogP contribution < -0.4 is 15.4 Å². The van der Waals surface area contributed by atoms with Gasteiger partial charge in [0.2, 0.25) is 5.89 Å². The van der Waals surface area contributed by atoms with Crippen molar-refractivity contribution in [1.29, 1.82) is 0 Å². The average molecular weight is 484 g/mol. The normalized spacial score (nSPS) is 15.0. The van der Waals surface area contributed by atoms with Gasteiger partial charge in [-0.3, -0.25) is 0 Å². The molecule has 7 heteroatoms. The van der Waals surface area contributed by atoms with Crippen molar-refractivity contribution < 1.29 is 9.15 Å². The summed E-state index contributed by atoms with van der Waals surface area (Å²) in [5, 5.41) is 6.77. The van der Waals surface area contributed by atoms with E-state index in [1.54, 1.807) is 7.11 Å². The van der Waals surface area contributed by atoms with Gasteiger partial charge in [-0.15, -0.1) is 24.0 Å². The molecule has 27 heavy (non-hydrogen) atoms. The van der Waals surface area contributed by atoms with Crippen LogP contribution in [0.3, 0.4) is 0 Å². The molecular weight excluding hydrogens is 455 g/mol. The zero-order valence-electron chi connectivity index (χ0n) is 16.5. The monoisotopic (exact) mass is 484 g/mol. The van der Waals surface area contributed by atoms with Crippen LogP contribution in [0.4, 0.5) is 0 Å². The maximum atomic E-state index is 5.61. The molecule has 0 radical (unpaired) electrons. The first-order valence-corrected chi connectivity index (χ1v) is 9.16. The molecule has 6 nitrogen and oxygen atoms in total. The molecule has 0 saturated heterocycles. The van der Waals surface area contributed by atoms with Gasteiger partial charge >= 0.3 is 0 Å². The number of aryl methyl sites for hydroxylation is 2. The molecule has 1 heterocycles. The predicted molar refractivity (Wildman–Crippen MR) is 118 cm³/mol. The second-order valence-electron chi connectivity index (χ2n) is 6.78. The summed E-state index contributed by atoms with van der Waals surface area (Å²) in [7, 11) is 1.73. The Balaban J connectivity index is 0.00000261. The van der Waals surface area contributed by atoms with Gasteiger partial charge in [0.15, 0.2) is 5.96 Å². The summed E-state index contributed by atoms with van der Waals surface area (Å²) in [6, 6.07) is 8.28. The zero-order valence-corrected chi connectivity index (χ0v) is 18.8. The first-order valence-electron chi connectivity index (χ1n) is 9.16. The Labute approximate surface area is 178 Å². The van der Waals surface area contributed by atoms with Crippen molar-refractivity contribution in [3.63, 3.8) is 0 Å².